The second-order valence-corrected chi connectivity index (χ2v) is 7.37. The van der Waals surface area contributed by atoms with Gasteiger partial charge in [-0.3, -0.25) is 4.79 Å². The number of anilines is 1. The van der Waals surface area contributed by atoms with Crippen LogP contribution in [0.2, 0.25) is 0 Å². The van der Waals surface area contributed by atoms with Crippen LogP contribution in [0.1, 0.15) is 23.2 Å². The van der Waals surface area contributed by atoms with Crippen LogP contribution in [0.3, 0.4) is 0 Å². The fourth-order valence-electron chi connectivity index (χ4n) is 2.13. The van der Waals surface area contributed by atoms with Crippen LogP contribution in [0.25, 0.3) is 0 Å². The molecular formula is C13H20N4O4S. The number of methoxy groups -OCH3 is 1. The summed E-state index contributed by atoms with van der Waals surface area (Å²) in [7, 11) is -1.34. The number of sulfone groups is 1. The maximum atomic E-state index is 11.8. The van der Waals surface area contributed by atoms with E-state index < -0.39 is 9.84 Å². The molecule has 0 bridgehead atoms. The molecule has 1 aromatic rings. The van der Waals surface area contributed by atoms with Crippen molar-refractivity contribution in [3.63, 3.8) is 0 Å². The molecule has 1 amide bonds. The number of carbonyl (C=O) groups excluding carboxylic acids is 1. The lowest BCUT2D eigenvalue weighted by Crippen LogP contribution is -2.26. The van der Waals surface area contributed by atoms with Crippen LogP contribution in [-0.4, -0.2) is 62.1 Å². The predicted molar refractivity (Wildman–Crippen MR) is 81.5 cm³/mol. The molecule has 1 unspecified atom stereocenters. The number of carbonyl (C=O) groups is 1. The van der Waals surface area contributed by atoms with E-state index >= 15 is 0 Å². The molecular weight excluding hydrogens is 308 g/mol. The van der Waals surface area contributed by atoms with E-state index in [0.29, 0.717) is 31.1 Å². The lowest BCUT2D eigenvalue weighted by molar-refractivity contribution is 0.0948. The normalized spacial score (nSPS) is 19.8. The summed E-state index contributed by atoms with van der Waals surface area (Å²) >= 11 is 0. The fraction of sp³-hybridized carbons (Fsp3) is 0.615. The number of ether oxygens (including phenoxy) is 1. The van der Waals surface area contributed by atoms with Gasteiger partial charge in [-0.25, -0.2) is 18.4 Å². The van der Waals surface area contributed by atoms with Crippen LogP contribution < -0.4 is 10.6 Å². The Morgan fingerprint density at radius 1 is 1.41 bits per heavy atom. The summed E-state index contributed by atoms with van der Waals surface area (Å²) in [4.78, 5) is 19.9. The first kappa shape index (κ1) is 16.6. The highest BCUT2D eigenvalue weighted by Gasteiger charge is 2.28. The number of rotatable bonds is 7. The van der Waals surface area contributed by atoms with Gasteiger partial charge in [-0.05, 0) is 12.8 Å². The zero-order chi connectivity index (χ0) is 16.0. The molecule has 1 aliphatic heterocycles. The molecule has 0 aliphatic carbocycles. The average molecular weight is 328 g/mol. The van der Waals surface area contributed by atoms with Crippen molar-refractivity contribution in [2.75, 3.05) is 37.1 Å². The molecule has 2 rings (SSSR count). The molecule has 8 nitrogen and oxygen atoms in total. The largest absolute Gasteiger partial charge is 0.385 e. The van der Waals surface area contributed by atoms with Crippen molar-refractivity contribution >= 4 is 21.7 Å². The fourth-order valence-corrected chi connectivity index (χ4v) is 3.81. The Kier molecular flexibility index (Phi) is 5.67. The molecule has 0 saturated carbocycles. The van der Waals surface area contributed by atoms with Gasteiger partial charge in [0.15, 0.2) is 9.84 Å². The Hall–Kier alpha value is -1.74. The van der Waals surface area contributed by atoms with Gasteiger partial charge in [0, 0.05) is 38.7 Å². The standard InChI is InChI=1S/C13H20N4O4S/c1-21-5-2-4-14-12(18)10-7-15-13(16-8-10)17-11-3-6-22(19,20)9-11/h7-8,11H,2-6,9H2,1H3,(H,14,18)(H,15,16,17). The van der Waals surface area contributed by atoms with Crippen LogP contribution in [-0.2, 0) is 14.6 Å². The summed E-state index contributed by atoms with van der Waals surface area (Å²) in [5, 5.41) is 5.71. The van der Waals surface area contributed by atoms with E-state index in [2.05, 4.69) is 20.6 Å². The van der Waals surface area contributed by atoms with Crippen molar-refractivity contribution in [3.05, 3.63) is 18.0 Å². The molecule has 1 aromatic heterocycles. The molecule has 9 heteroatoms. The monoisotopic (exact) mass is 328 g/mol. The lowest BCUT2D eigenvalue weighted by atomic mass is 10.3. The third-order valence-corrected chi connectivity index (χ3v) is 5.06. The van der Waals surface area contributed by atoms with Gasteiger partial charge >= 0.3 is 0 Å². The highest BCUT2D eigenvalue weighted by atomic mass is 32.2. The highest BCUT2D eigenvalue weighted by Crippen LogP contribution is 2.14. The third kappa shape index (κ3) is 4.92. The minimum atomic E-state index is -2.94. The van der Waals surface area contributed by atoms with Crippen molar-refractivity contribution in [1.82, 2.24) is 15.3 Å². The maximum absolute atomic E-state index is 11.8. The van der Waals surface area contributed by atoms with Gasteiger partial charge in [-0.1, -0.05) is 0 Å². The second kappa shape index (κ2) is 7.50. The molecule has 2 heterocycles. The van der Waals surface area contributed by atoms with Crippen LogP contribution in [0.5, 0.6) is 0 Å². The first-order valence-corrected chi connectivity index (χ1v) is 8.88. The van der Waals surface area contributed by atoms with Crippen LogP contribution in [0.15, 0.2) is 12.4 Å². The first-order chi connectivity index (χ1) is 10.5. The van der Waals surface area contributed by atoms with E-state index in [9.17, 15) is 13.2 Å². The summed E-state index contributed by atoms with van der Waals surface area (Å²) in [5.41, 5.74) is 0.363. The van der Waals surface area contributed by atoms with E-state index in [1.54, 1.807) is 7.11 Å². The third-order valence-electron chi connectivity index (χ3n) is 3.29. The van der Waals surface area contributed by atoms with E-state index in [-0.39, 0.29) is 23.5 Å². The number of nitrogens with zero attached hydrogens (tertiary/aromatic N) is 2. The minimum Gasteiger partial charge on any atom is -0.385 e. The number of amides is 1. The van der Waals surface area contributed by atoms with Gasteiger partial charge in [0.05, 0.1) is 17.1 Å². The molecule has 122 valence electrons. The number of aromatic nitrogens is 2. The molecule has 1 atom stereocenters. The summed E-state index contributed by atoms with van der Waals surface area (Å²) in [6.07, 6.45) is 4.13. The van der Waals surface area contributed by atoms with Crippen LogP contribution >= 0.6 is 0 Å². The lowest BCUT2D eigenvalue weighted by Gasteiger charge is -2.10. The minimum absolute atomic E-state index is 0.0953. The number of nitrogens with one attached hydrogen (secondary N) is 2. The van der Waals surface area contributed by atoms with E-state index in [1.807, 2.05) is 0 Å². The Balaban J connectivity index is 1.83. The zero-order valence-corrected chi connectivity index (χ0v) is 13.2. The van der Waals surface area contributed by atoms with E-state index in [1.165, 1.54) is 12.4 Å². The Morgan fingerprint density at radius 2 is 2.14 bits per heavy atom. The van der Waals surface area contributed by atoms with Crippen LogP contribution in [0, 0.1) is 0 Å². The summed E-state index contributed by atoms with van der Waals surface area (Å²) in [6, 6.07) is -0.168. The molecule has 1 fully saturated rings. The molecule has 1 aliphatic rings. The van der Waals surface area contributed by atoms with E-state index in [0.717, 1.165) is 6.42 Å². The van der Waals surface area contributed by atoms with Gasteiger partial charge in [0.1, 0.15) is 0 Å². The Bertz CT molecular complexity index is 603. The average Bonchev–Trinajstić information content (AvgIpc) is 2.83. The Labute approximate surface area is 129 Å². The second-order valence-electron chi connectivity index (χ2n) is 5.14. The number of hydrogen-bond donors (Lipinski definition) is 2. The van der Waals surface area contributed by atoms with Gasteiger partial charge in [-0.15, -0.1) is 0 Å². The van der Waals surface area contributed by atoms with Gasteiger partial charge in [0.2, 0.25) is 5.95 Å². The summed E-state index contributed by atoms with van der Waals surface area (Å²) in [6.45, 7) is 1.11. The van der Waals surface area contributed by atoms with Crippen molar-refractivity contribution < 1.29 is 17.9 Å². The van der Waals surface area contributed by atoms with Gasteiger partial charge < -0.3 is 15.4 Å². The summed E-state index contributed by atoms with van der Waals surface area (Å²) in [5.74, 6) is 0.370. The molecule has 22 heavy (non-hydrogen) atoms. The highest BCUT2D eigenvalue weighted by molar-refractivity contribution is 7.91. The van der Waals surface area contributed by atoms with Crippen molar-refractivity contribution in [3.8, 4) is 0 Å². The molecule has 2 N–H and O–H groups in total. The van der Waals surface area contributed by atoms with Crippen molar-refractivity contribution in [2.45, 2.75) is 18.9 Å². The molecule has 1 saturated heterocycles. The van der Waals surface area contributed by atoms with E-state index in [4.69, 9.17) is 4.74 Å². The molecule has 0 aromatic carbocycles. The number of hydrogen-bond acceptors (Lipinski definition) is 7. The quantitative estimate of drug-likeness (QED) is 0.669. The molecule has 0 radical (unpaired) electrons. The van der Waals surface area contributed by atoms with Gasteiger partial charge in [0.25, 0.3) is 5.91 Å². The van der Waals surface area contributed by atoms with Crippen molar-refractivity contribution in [1.29, 1.82) is 0 Å². The zero-order valence-electron chi connectivity index (χ0n) is 12.4. The van der Waals surface area contributed by atoms with Gasteiger partial charge in [-0.2, -0.15) is 0 Å². The summed E-state index contributed by atoms with van der Waals surface area (Å²) < 4.78 is 27.7. The smallest absolute Gasteiger partial charge is 0.254 e. The predicted octanol–water partition coefficient (Wildman–Crippen LogP) is -0.158. The topological polar surface area (TPSA) is 110 Å². The Morgan fingerprint density at radius 3 is 2.73 bits per heavy atom. The first-order valence-electron chi connectivity index (χ1n) is 7.06. The maximum Gasteiger partial charge on any atom is 0.254 e. The van der Waals surface area contributed by atoms with Crippen LogP contribution in [0.4, 0.5) is 5.95 Å². The molecule has 0 spiro atoms. The SMILES string of the molecule is COCCCNC(=O)c1cnc(NC2CCS(=O)(=O)C2)nc1. The van der Waals surface area contributed by atoms with Crippen molar-refractivity contribution in [2.24, 2.45) is 0 Å².